The van der Waals surface area contributed by atoms with Crippen LogP contribution in [0.3, 0.4) is 0 Å². The maximum Gasteiger partial charge on any atom is 0.303 e. The molecule has 0 saturated heterocycles. The summed E-state index contributed by atoms with van der Waals surface area (Å²) in [5, 5.41) is 23.3. The van der Waals surface area contributed by atoms with E-state index in [2.05, 4.69) is 5.32 Å². The van der Waals surface area contributed by atoms with Crippen molar-refractivity contribution in [3.8, 4) is 0 Å². The Morgan fingerprint density at radius 2 is 1.79 bits per heavy atom. The van der Waals surface area contributed by atoms with Crippen molar-refractivity contribution in [2.24, 2.45) is 0 Å². The number of carboxylic acid groups (broad SMARTS) is 1. The van der Waals surface area contributed by atoms with Crippen molar-refractivity contribution in [2.75, 3.05) is 0 Å². The first-order valence-electron chi connectivity index (χ1n) is 9.02. The Bertz CT molecular complexity index is 893. The highest BCUT2D eigenvalue weighted by Gasteiger charge is 2.25. The molecule has 0 aromatic heterocycles. The van der Waals surface area contributed by atoms with Gasteiger partial charge in [-0.25, -0.2) is 0 Å². The topological polar surface area (TPSA) is 110 Å². The van der Waals surface area contributed by atoms with Crippen molar-refractivity contribution in [3.63, 3.8) is 0 Å². The van der Waals surface area contributed by atoms with Gasteiger partial charge < -0.3 is 10.4 Å². The molecule has 0 aliphatic rings. The molecule has 7 heteroatoms. The summed E-state index contributed by atoms with van der Waals surface area (Å²) < 4.78 is 0. The Labute approximate surface area is 163 Å². The molecule has 2 rings (SSSR count). The highest BCUT2D eigenvalue weighted by molar-refractivity contribution is 5.98. The molecule has 0 bridgehead atoms. The number of benzene rings is 2. The highest BCUT2D eigenvalue weighted by Crippen LogP contribution is 2.29. The summed E-state index contributed by atoms with van der Waals surface area (Å²) in [7, 11) is 0. The zero-order valence-corrected chi connectivity index (χ0v) is 16.2. The number of nitrogens with one attached hydrogen (secondary N) is 1. The summed E-state index contributed by atoms with van der Waals surface area (Å²) >= 11 is 0. The van der Waals surface area contributed by atoms with Gasteiger partial charge in [0, 0.05) is 23.6 Å². The van der Waals surface area contributed by atoms with Gasteiger partial charge in [-0.05, 0) is 50.8 Å². The lowest BCUT2D eigenvalue weighted by Gasteiger charge is -2.20. The summed E-state index contributed by atoms with van der Waals surface area (Å²) in [5.41, 5.74) is 2.64. The molecular weight excluding hydrogens is 360 g/mol. The molecule has 0 aliphatic heterocycles. The van der Waals surface area contributed by atoms with E-state index < -0.39 is 22.8 Å². The largest absolute Gasteiger partial charge is 0.481 e. The van der Waals surface area contributed by atoms with Gasteiger partial charge in [0.05, 0.1) is 10.5 Å². The van der Waals surface area contributed by atoms with Gasteiger partial charge >= 0.3 is 5.97 Å². The van der Waals surface area contributed by atoms with Gasteiger partial charge in [0.15, 0.2) is 0 Å². The van der Waals surface area contributed by atoms with Crippen LogP contribution in [0.5, 0.6) is 0 Å². The second kappa shape index (κ2) is 9.12. The number of nitrogens with zero attached hydrogens (tertiary/aromatic N) is 1. The zero-order valence-electron chi connectivity index (χ0n) is 16.2. The predicted octanol–water partition coefficient (Wildman–Crippen LogP) is 3.73. The molecule has 2 aromatic rings. The molecule has 28 heavy (non-hydrogen) atoms. The number of rotatable bonds is 8. The molecule has 1 atom stereocenters. The summed E-state index contributed by atoms with van der Waals surface area (Å²) in [6, 6.07) is 10.7. The molecule has 0 aliphatic carbocycles. The first-order chi connectivity index (χ1) is 13.2. The maximum absolute atomic E-state index is 12.9. The van der Waals surface area contributed by atoms with E-state index in [0.717, 1.165) is 5.56 Å². The molecule has 0 spiro atoms. The molecule has 0 saturated carbocycles. The Kier molecular flexibility index (Phi) is 6.87. The van der Waals surface area contributed by atoms with E-state index in [4.69, 9.17) is 5.11 Å². The summed E-state index contributed by atoms with van der Waals surface area (Å²) in [6.07, 6.45) is 0.664. The molecule has 148 valence electrons. The molecule has 7 nitrogen and oxygen atoms in total. The third-order valence-electron chi connectivity index (χ3n) is 4.71. The number of carbonyl (C=O) groups excluding carboxylic acids is 1. The first kappa shape index (κ1) is 21.1. The van der Waals surface area contributed by atoms with Crippen molar-refractivity contribution in [1.82, 2.24) is 5.32 Å². The van der Waals surface area contributed by atoms with Crippen LogP contribution in [0.4, 0.5) is 5.69 Å². The third kappa shape index (κ3) is 5.16. The van der Waals surface area contributed by atoms with Crippen molar-refractivity contribution < 1.29 is 19.6 Å². The Hall–Kier alpha value is -3.22. The van der Waals surface area contributed by atoms with Gasteiger partial charge in [-0.1, -0.05) is 30.3 Å². The minimum atomic E-state index is -0.939. The summed E-state index contributed by atoms with van der Waals surface area (Å²) in [4.78, 5) is 34.8. The van der Waals surface area contributed by atoms with Gasteiger partial charge in [0.2, 0.25) is 0 Å². The van der Waals surface area contributed by atoms with Crippen molar-refractivity contribution in [2.45, 2.75) is 46.1 Å². The van der Waals surface area contributed by atoms with E-state index in [1.165, 1.54) is 0 Å². The lowest BCUT2D eigenvalue weighted by atomic mass is 9.95. The second-order valence-corrected chi connectivity index (χ2v) is 6.91. The van der Waals surface area contributed by atoms with Crippen LogP contribution in [0.1, 0.15) is 45.5 Å². The normalized spacial score (nSPS) is 11.7. The maximum atomic E-state index is 12.9. The van der Waals surface area contributed by atoms with Crippen LogP contribution >= 0.6 is 0 Å². The molecule has 2 aromatic carbocycles. The van der Waals surface area contributed by atoms with Crippen molar-refractivity contribution in [3.05, 3.63) is 74.3 Å². The van der Waals surface area contributed by atoms with Gasteiger partial charge in [-0.2, -0.15) is 0 Å². The smallest absolute Gasteiger partial charge is 0.303 e. The fraction of sp³-hybridized carbons (Fsp3) is 0.333. The number of hydrogen-bond donors (Lipinski definition) is 2. The first-order valence-corrected chi connectivity index (χ1v) is 9.02. The minimum absolute atomic E-state index is 0.0686. The van der Waals surface area contributed by atoms with Crippen molar-refractivity contribution >= 4 is 17.6 Å². The van der Waals surface area contributed by atoms with E-state index >= 15 is 0 Å². The molecule has 2 N–H and O–H groups in total. The molecule has 0 heterocycles. The van der Waals surface area contributed by atoms with E-state index in [-0.39, 0.29) is 24.1 Å². The number of nitro groups is 1. The van der Waals surface area contributed by atoms with Crippen molar-refractivity contribution in [1.29, 1.82) is 0 Å². The predicted molar refractivity (Wildman–Crippen MR) is 106 cm³/mol. The molecule has 0 radical (unpaired) electrons. The molecule has 0 fully saturated rings. The quantitative estimate of drug-likeness (QED) is 0.532. The SMILES string of the molecule is Cc1cc(C)c([N+](=O)[O-])c(C)c1C(=O)NC(CCC(=O)O)Cc1ccccc1. The van der Waals surface area contributed by atoms with Gasteiger partial charge in [-0.3, -0.25) is 19.7 Å². The van der Waals surface area contributed by atoms with Crippen LogP contribution in [-0.4, -0.2) is 27.9 Å². The molecule has 1 unspecified atom stereocenters. The van der Waals surface area contributed by atoms with Crippen LogP contribution in [0.2, 0.25) is 0 Å². The number of hydrogen-bond acceptors (Lipinski definition) is 4. The average molecular weight is 384 g/mol. The van der Waals surface area contributed by atoms with Gasteiger partial charge in [0.25, 0.3) is 11.6 Å². The monoisotopic (exact) mass is 384 g/mol. The number of aryl methyl sites for hydroxylation is 2. The van der Waals surface area contributed by atoms with Gasteiger partial charge in [-0.15, -0.1) is 0 Å². The van der Waals surface area contributed by atoms with Crippen LogP contribution in [-0.2, 0) is 11.2 Å². The van der Waals surface area contributed by atoms with Crippen LogP contribution < -0.4 is 5.32 Å². The van der Waals surface area contributed by atoms with E-state index in [9.17, 15) is 19.7 Å². The number of nitro benzene ring substituents is 1. The number of carbonyl (C=O) groups is 2. The summed E-state index contributed by atoms with van der Waals surface area (Å²) in [6.45, 7) is 4.95. The zero-order chi connectivity index (χ0) is 20.8. The van der Waals surface area contributed by atoms with Crippen LogP contribution in [0, 0.1) is 30.9 Å². The number of aliphatic carboxylic acids is 1. The number of amides is 1. The average Bonchev–Trinajstić information content (AvgIpc) is 2.59. The second-order valence-electron chi connectivity index (χ2n) is 6.91. The highest BCUT2D eigenvalue weighted by atomic mass is 16.6. The standard InChI is InChI=1S/C21H24N2O5/c1-13-11-14(2)20(23(27)28)15(3)19(13)21(26)22-17(9-10-18(24)25)12-16-7-5-4-6-8-16/h4-8,11,17H,9-10,12H2,1-3H3,(H,22,26)(H,24,25). The minimum Gasteiger partial charge on any atom is -0.481 e. The number of carboxylic acids is 1. The Morgan fingerprint density at radius 1 is 1.14 bits per heavy atom. The van der Waals surface area contributed by atoms with Crippen LogP contribution in [0.15, 0.2) is 36.4 Å². The van der Waals surface area contributed by atoms with Crippen LogP contribution in [0.25, 0.3) is 0 Å². The molecular formula is C21H24N2O5. The lowest BCUT2D eigenvalue weighted by Crippen LogP contribution is -2.37. The van der Waals surface area contributed by atoms with E-state index in [0.29, 0.717) is 23.1 Å². The Balaban J connectivity index is 2.31. The summed E-state index contributed by atoms with van der Waals surface area (Å²) in [5.74, 6) is -1.37. The van der Waals surface area contributed by atoms with Gasteiger partial charge in [0.1, 0.15) is 0 Å². The third-order valence-corrected chi connectivity index (χ3v) is 4.71. The fourth-order valence-electron chi connectivity index (χ4n) is 3.48. The van der Waals surface area contributed by atoms with E-state index in [1.807, 2.05) is 30.3 Å². The molecule has 1 amide bonds. The lowest BCUT2D eigenvalue weighted by molar-refractivity contribution is -0.386. The fourth-order valence-corrected chi connectivity index (χ4v) is 3.48. The van der Waals surface area contributed by atoms with E-state index in [1.54, 1.807) is 26.8 Å². The Morgan fingerprint density at radius 3 is 2.36 bits per heavy atom.